The Labute approximate surface area is 119 Å². The molecule has 5 heteroatoms. The number of amides is 1. The van der Waals surface area contributed by atoms with E-state index >= 15 is 0 Å². The Hall–Kier alpha value is -0.650. The number of hydrogen-bond donors (Lipinski definition) is 1. The summed E-state index contributed by atoms with van der Waals surface area (Å²) in [5.41, 5.74) is 2.69. The number of nitrogens with zero attached hydrogens (tertiary/aromatic N) is 1. The first-order valence-electron chi connectivity index (χ1n) is 7.80. The SMILES string of the molecule is C[C@@]12CC[C@@H]3C[C@@]1(C(=O)NN1CCOCC1)OC[C@@]32C. The highest BCUT2D eigenvalue weighted by Gasteiger charge is 2.78. The summed E-state index contributed by atoms with van der Waals surface area (Å²) < 4.78 is 11.4. The van der Waals surface area contributed by atoms with Gasteiger partial charge in [0.2, 0.25) is 0 Å². The highest BCUT2D eigenvalue weighted by atomic mass is 16.5. The number of hydrazine groups is 1. The fraction of sp³-hybridized carbons (Fsp3) is 0.933. The van der Waals surface area contributed by atoms with Crippen LogP contribution in [0.1, 0.15) is 33.1 Å². The third kappa shape index (κ3) is 1.32. The Morgan fingerprint density at radius 2 is 2.05 bits per heavy atom. The largest absolute Gasteiger partial charge is 0.379 e. The van der Waals surface area contributed by atoms with Crippen LogP contribution in [0.3, 0.4) is 0 Å². The van der Waals surface area contributed by atoms with Crippen molar-refractivity contribution in [1.82, 2.24) is 10.4 Å². The molecule has 2 aliphatic carbocycles. The van der Waals surface area contributed by atoms with Crippen molar-refractivity contribution in [3.05, 3.63) is 0 Å². The summed E-state index contributed by atoms with van der Waals surface area (Å²) in [5.74, 6) is 0.726. The molecule has 0 aromatic heterocycles. The van der Waals surface area contributed by atoms with Gasteiger partial charge in [0.1, 0.15) is 0 Å². The van der Waals surface area contributed by atoms with E-state index in [1.165, 1.54) is 6.42 Å². The molecule has 0 radical (unpaired) electrons. The molecular weight excluding hydrogens is 256 g/mol. The van der Waals surface area contributed by atoms with Gasteiger partial charge in [0.15, 0.2) is 5.60 Å². The molecule has 20 heavy (non-hydrogen) atoms. The number of carbonyl (C=O) groups is 1. The van der Waals surface area contributed by atoms with Crippen LogP contribution >= 0.6 is 0 Å². The summed E-state index contributed by atoms with van der Waals surface area (Å²) in [5, 5.41) is 1.98. The van der Waals surface area contributed by atoms with E-state index in [0.29, 0.717) is 19.1 Å². The zero-order valence-corrected chi connectivity index (χ0v) is 12.4. The van der Waals surface area contributed by atoms with Gasteiger partial charge in [0.05, 0.1) is 19.8 Å². The maximum absolute atomic E-state index is 12.9. The highest BCUT2D eigenvalue weighted by molar-refractivity contribution is 5.87. The van der Waals surface area contributed by atoms with Gasteiger partial charge < -0.3 is 9.47 Å². The number of carbonyl (C=O) groups excluding carboxylic acids is 1. The Morgan fingerprint density at radius 3 is 2.70 bits per heavy atom. The van der Waals surface area contributed by atoms with Crippen LogP contribution in [0.5, 0.6) is 0 Å². The average Bonchev–Trinajstić information content (AvgIpc) is 2.92. The van der Waals surface area contributed by atoms with Crippen LogP contribution in [0.4, 0.5) is 0 Å². The van der Waals surface area contributed by atoms with E-state index in [1.54, 1.807) is 0 Å². The molecule has 2 heterocycles. The molecule has 0 spiro atoms. The lowest BCUT2D eigenvalue weighted by atomic mass is 9.66. The molecule has 2 aliphatic heterocycles. The molecule has 4 bridgehead atoms. The smallest absolute Gasteiger partial charge is 0.267 e. The van der Waals surface area contributed by atoms with Crippen molar-refractivity contribution in [3.63, 3.8) is 0 Å². The molecule has 5 nitrogen and oxygen atoms in total. The van der Waals surface area contributed by atoms with Crippen molar-refractivity contribution < 1.29 is 14.3 Å². The van der Waals surface area contributed by atoms with E-state index in [1.807, 2.05) is 5.01 Å². The van der Waals surface area contributed by atoms with E-state index in [9.17, 15) is 4.79 Å². The monoisotopic (exact) mass is 280 g/mol. The third-order valence-electron chi connectivity index (χ3n) is 6.84. The van der Waals surface area contributed by atoms with Gasteiger partial charge in [-0.05, 0) is 25.2 Å². The van der Waals surface area contributed by atoms with E-state index < -0.39 is 5.60 Å². The van der Waals surface area contributed by atoms with Gasteiger partial charge in [0, 0.05) is 23.9 Å². The Morgan fingerprint density at radius 1 is 1.30 bits per heavy atom. The Balaban J connectivity index is 1.57. The second kappa shape index (κ2) is 3.96. The maximum Gasteiger partial charge on any atom is 0.267 e. The minimum atomic E-state index is -0.594. The second-order valence-electron chi connectivity index (χ2n) is 7.35. The molecule has 4 atom stereocenters. The van der Waals surface area contributed by atoms with Gasteiger partial charge >= 0.3 is 0 Å². The van der Waals surface area contributed by atoms with Crippen molar-refractivity contribution in [3.8, 4) is 0 Å². The van der Waals surface area contributed by atoms with E-state index in [2.05, 4.69) is 19.3 Å². The zero-order chi connectivity index (χ0) is 14.0. The number of rotatable bonds is 2. The molecule has 2 saturated heterocycles. The quantitative estimate of drug-likeness (QED) is 0.818. The van der Waals surface area contributed by atoms with E-state index in [0.717, 1.165) is 32.5 Å². The van der Waals surface area contributed by atoms with Crippen molar-refractivity contribution in [2.24, 2.45) is 16.7 Å². The summed E-state index contributed by atoms with van der Waals surface area (Å²) in [6.45, 7) is 8.23. The predicted octanol–water partition coefficient (Wildman–Crippen LogP) is 0.945. The van der Waals surface area contributed by atoms with Gasteiger partial charge in [-0.15, -0.1) is 0 Å². The fourth-order valence-electron chi connectivity index (χ4n) is 5.17. The Bertz CT molecular complexity index is 450. The molecule has 4 rings (SSSR count). The van der Waals surface area contributed by atoms with Crippen LogP contribution in [0, 0.1) is 16.7 Å². The molecule has 2 saturated carbocycles. The summed E-state index contributed by atoms with van der Waals surface area (Å²) in [6, 6.07) is 0. The first-order valence-corrected chi connectivity index (χ1v) is 7.80. The molecule has 0 aromatic carbocycles. The highest BCUT2D eigenvalue weighted by Crippen LogP contribution is 2.74. The topological polar surface area (TPSA) is 50.8 Å². The van der Waals surface area contributed by atoms with Gasteiger partial charge in [-0.1, -0.05) is 13.8 Å². The van der Waals surface area contributed by atoms with Gasteiger partial charge in [0.25, 0.3) is 5.91 Å². The lowest BCUT2D eigenvalue weighted by Crippen LogP contribution is -2.60. The predicted molar refractivity (Wildman–Crippen MR) is 72.8 cm³/mol. The molecule has 1 N–H and O–H groups in total. The number of hydrogen-bond acceptors (Lipinski definition) is 4. The Kier molecular flexibility index (Phi) is 2.58. The van der Waals surface area contributed by atoms with Crippen molar-refractivity contribution in [1.29, 1.82) is 0 Å². The zero-order valence-electron chi connectivity index (χ0n) is 12.4. The maximum atomic E-state index is 12.9. The average molecular weight is 280 g/mol. The van der Waals surface area contributed by atoms with Crippen LogP contribution < -0.4 is 5.43 Å². The van der Waals surface area contributed by atoms with Crippen LogP contribution in [0.2, 0.25) is 0 Å². The third-order valence-corrected chi connectivity index (χ3v) is 6.84. The molecular formula is C15H24N2O3. The first-order chi connectivity index (χ1) is 9.52. The minimum absolute atomic E-state index is 0.00103. The van der Waals surface area contributed by atoms with Crippen molar-refractivity contribution >= 4 is 5.91 Å². The van der Waals surface area contributed by atoms with Gasteiger partial charge in [-0.25, -0.2) is 5.01 Å². The molecule has 112 valence electrons. The minimum Gasteiger partial charge on any atom is -0.379 e. The fourth-order valence-corrected chi connectivity index (χ4v) is 5.17. The van der Waals surface area contributed by atoms with Gasteiger partial charge in [-0.2, -0.15) is 0 Å². The van der Waals surface area contributed by atoms with Crippen molar-refractivity contribution in [2.45, 2.75) is 38.7 Å². The molecule has 4 aliphatic rings. The number of morpholine rings is 1. The van der Waals surface area contributed by atoms with Crippen LogP contribution in [0.15, 0.2) is 0 Å². The van der Waals surface area contributed by atoms with Crippen LogP contribution in [0.25, 0.3) is 0 Å². The second-order valence-corrected chi connectivity index (χ2v) is 7.35. The van der Waals surface area contributed by atoms with Gasteiger partial charge in [-0.3, -0.25) is 10.2 Å². The summed E-state index contributed by atoms with van der Waals surface area (Å²) >= 11 is 0. The molecule has 0 unspecified atom stereocenters. The van der Waals surface area contributed by atoms with Crippen molar-refractivity contribution in [2.75, 3.05) is 32.9 Å². The molecule has 4 fully saturated rings. The lowest BCUT2D eigenvalue weighted by molar-refractivity contribution is -0.162. The summed E-state index contributed by atoms with van der Waals surface area (Å²) in [7, 11) is 0. The number of ether oxygens (including phenoxy) is 2. The summed E-state index contributed by atoms with van der Waals surface area (Å²) in [6.07, 6.45) is 3.27. The number of nitrogens with one attached hydrogen (secondary N) is 1. The van der Waals surface area contributed by atoms with Crippen LogP contribution in [-0.2, 0) is 14.3 Å². The lowest BCUT2D eigenvalue weighted by Gasteiger charge is -2.41. The van der Waals surface area contributed by atoms with E-state index in [4.69, 9.17) is 9.47 Å². The summed E-state index contributed by atoms with van der Waals surface area (Å²) in [4.78, 5) is 12.9. The first kappa shape index (κ1) is 13.0. The van der Waals surface area contributed by atoms with Crippen LogP contribution in [-0.4, -0.2) is 49.4 Å². The van der Waals surface area contributed by atoms with E-state index in [-0.39, 0.29) is 16.7 Å². The molecule has 0 aromatic rings. The normalized spacial score (nSPS) is 50.6. The standard InChI is InChI=1S/C15H24N2O3/c1-13-10-20-15(9-11(13)3-4-14(13,15)2)12(18)16-17-5-7-19-8-6-17/h11H,3-10H2,1-2H3,(H,16,18)/t11-,13+,14+,15+/m1/s1. The molecule has 1 amide bonds.